The summed E-state index contributed by atoms with van der Waals surface area (Å²) in [5, 5.41) is 2.89. The Balaban J connectivity index is 1.44. The maximum atomic E-state index is 12.2. The van der Waals surface area contributed by atoms with Gasteiger partial charge in [-0.2, -0.15) is 0 Å². The van der Waals surface area contributed by atoms with Gasteiger partial charge in [0.2, 0.25) is 5.91 Å². The Labute approximate surface area is 147 Å². The van der Waals surface area contributed by atoms with Crippen molar-refractivity contribution in [2.75, 3.05) is 19.6 Å². The van der Waals surface area contributed by atoms with E-state index in [2.05, 4.69) is 15.3 Å². The molecule has 2 amide bonds. The second-order valence-corrected chi connectivity index (χ2v) is 6.18. The second-order valence-electron chi connectivity index (χ2n) is 6.18. The summed E-state index contributed by atoms with van der Waals surface area (Å²) in [6.45, 7) is 2.09. The first-order chi connectivity index (χ1) is 12.2. The Bertz CT molecular complexity index is 697. The molecule has 0 unspecified atom stereocenters. The van der Waals surface area contributed by atoms with E-state index >= 15 is 0 Å². The lowest BCUT2D eigenvalue weighted by Crippen LogP contribution is -2.34. The maximum Gasteiger partial charge on any atom is 0.252 e. The molecule has 1 fully saturated rings. The van der Waals surface area contributed by atoms with Crippen LogP contribution in [0.4, 0.5) is 0 Å². The molecule has 2 aromatic heterocycles. The SMILES string of the molecule is O=C(NCCCN1CCCCCC1=O)c1ccc(-n2ccnc2)nc1. The Kier molecular flexibility index (Phi) is 5.77. The number of amides is 2. The number of hydrogen-bond donors (Lipinski definition) is 1. The van der Waals surface area contributed by atoms with Crippen molar-refractivity contribution >= 4 is 11.8 Å². The third-order valence-corrected chi connectivity index (χ3v) is 4.34. The summed E-state index contributed by atoms with van der Waals surface area (Å²) in [5.74, 6) is 0.809. The van der Waals surface area contributed by atoms with E-state index < -0.39 is 0 Å². The minimum atomic E-state index is -0.146. The molecule has 132 valence electrons. The van der Waals surface area contributed by atoms with Crippen molar-refractivity contribution in [1.29, 1.82) is 0 Å². The highest BCUT2D eigenvalue weighted by atomic mass is 16.2. The topological polar surface area (TPSA) is 80.1 Å². The quantitative estimate of drug-likeness (QED) is 0.812. The van der Waals surface area contributed by atoms with Gasteiger partial charge in [-0.3, -0.25) is 14.2 Å². The summed E-state index contributed by atoms with van der Waals surface area (Å²) in [4.78, 5) is 34.2. The monoisotopic (exact) mass is 341 g/mol. The summed E-state index contributed by atoms with van der Waals surface area (Å²) in [6, 6.07) is 3.53. The van der Waals surface area contributed by atoms with E-state index in [0.29, 0.717) is 30.9 Å². The largest absolute Gasteiger partial charge is 0.352 e. The molecule has 0 aliphatic carbocycles. The number of hydrogen-bond acceptors (Lipinski definition) is 4. The molecule has 3 heterocycles. The molecule has 0 saturated carbocycles. The van der Waals surface area contributed by atoms with Gasteiger partial charge >= 0.3 is 0 Å². The second kappa shape index (κ2) is 8.41. The number of pyridine rings is 1. The number of likely N-dealkylation sites (tertiary alicyclic amines) is 1. The van der Waals surface area contributed by atoms with Crippen LogP contribution in [0.25, 0.3) is 5.82 Å². The van der Waals surface area contributed by atoms with E-state index in [1.165, 1.54) is 0 Å². The predicted octanol–water partition coefficient (Wildman–Crippen LogP) is 1.79. The van der Waals surface area contributed by atoms with Crippen molar-refractivity contribution in [3.05, 3.63) is 42.6 Å². The van der Waals surface area contributed by atoms with Gasteiger partial charge in [-0.25, -0.2) is 9.97 Å². The van der Waals surface area contributed by atoms with Crippen LogP contribution in [0.3, 0.4) is 0 Å². The number of aromatic nitrogens is 3. The van der Waals surface area contributed by atoms with Crippen molar-refractivity contribution in [1.82, 2.24) is 24.8 Å². The van der Waals surface area contributed by atoms with Crippen LogP contribution in [0.15, 0.2) is 37.1 Å². The lowest BCUT2D eigenvalue weighted by molar-refractivity contribution is -0.130. The molecule has 2 aromatic rings. The van der Waals surface area contributed by atoms with Crippen molar-refractivity contribution in [3.63, 3.8) is 0 Å². The highest BCUT2D eigenvalue weighted by Gasteiger charge is 2.15. The van der Waals surface area contributed by atoms with Gasteiger partial charge in [0.15, 0.2) is 0 Å². The Hall–Kier alpha value is -2.70. The lowest BCUT2D eigenvalue weighted by atomic mass is 10.2. The first kappa shape index (κ1) is 17.1. The van der Waals surface area contributed by atoms with Gasteiger partial charge < -0.3 is 10.2 Å². The van der Waals surface area contributed by atoms with Crippen molar-refractivity contribution < 1.29 is 9.59 Å². The molecule has 0 radical (unpaired) electrons. The maximum absolute atomic E-state index is 12.2. The Morgan fingerprint density at radius 3 is 2.92 bits per heavy atom. The van der Waals surface area contributed by atoms with E-state index in [4.69, 9.17) is 0 Å². The van der Waals surface area contributed by atoms with Gasteiger partial charge in [0.25, 0.3) is 5.91 Å². The molecular formula is C18H23N5O2. The minimum Gasteiger partial charge on any atom is -0.352 e. The third-order valence-electron chi connectivity index (χ3n) is 4.34. The van der Waals surface area contributed by atoms with Gasteiger partial charge in [-0.05, 0) is 31.4 Å². The molecule has 0 bridgehead atoms. The van der Waals surface area contributed by atoms with Crippen molar-refractivity contribution in [3.8, 4) is 5.82 Å². The fourth-order valence-corrected chi connectivity index (χ4v) is 2.92. The van der Waals surface area contributed by atoms with Crippen LogP contribution < -0.4 is 5.32 Å². The minimum absolute atomic E-state index is 0.146. The number of carbonyl (C=O) groups excluding carboxylic acids is 2. The molecule has 7 heteroatoms. The van der Waals surface area contributed by atoms with Crippen molar-refractivity contribution in [2.45, 2.75) is 32.1 Å². The number of rotatable bonds is 6. The molecule has 25 heavy (non-hydrogen) atoms. The molecule has 1 saturated heterocycles. The fraction of sp³-hybridized carbons (Fsp3) is 0.444. The highest BCUT2D eigenvalue weighted by molar-refractivity contribution is 5.93. The van der Waals surface area contributed by atoms with Gasteiger partial charge in [0.1, 0.15) is 12.1 Å². The van der Waals surface area contributed by atoms with E-state index in [0.717, 1.165) is 32.2 Å². The zero-order valence-corrected chi connectivity index (χ0v) is 14.2. The van der Waals surface area contributed by atoms with E-state index in [-0.39, 0.29) is 11.8 Å². The van der Waals surface area contributed by atoms with Gasteiger partial charge in [-0.15, -0.1) is 0 Å². The standard InChI is InChI=1S/C18H23N5O2/c24-17-5-2-1-3-10-22(17)11-4-8-20-18(25)15-6-7-16(21-13-15)23-12-9-19-14-23/h6-7,9,12-14H,1-5,8,10-11H2,(H,20,25). The molecule has 1 aliphatic heterocycles. The summed E-state index contributed by atoms with van der Waals surface area (Å²) in [7, 11) is 0. The summed E-state index contributed by atoms with van der Waals surface area (Å²) in [6.07, 6.45) is 11.3. The fourth-order valence-electron chi connectivity index (χ4n) is 2.92. The van der Waals surface area contributed by atoms with Crippen LogP contribution in [0.2, 0.25) is 0 Å². The number of imidazole rings is 1. The van der Waals surface area contributed by atoms with Crippen LogP contribution in [0.1, 0.15) is 42.5 Å². The van der Waals surface area contributed by atoms with Crippen LogP contribution in [0.5, 0.6) is 0 Å². The van der Waals surface area contributed by atoms with Crippen LogP contribution in [-0.4, -0.2) is 50.9 Å². The molecule has 0 spiro atoms. The summed E-state index contributed by atoms with van der Waals surface area (Å²) >= 11 is 0. The van der Waals surface area contributed by atoms with Crippen molar-refractivity contribution in [2.24, 2.45) is 0 Å². The van der Waals surface area contributed by atoms with Gasteiger partial charge in [-0.1, -0.05) is 6.42 Å². The number of nitrogens with one attached hydrogen (secondary N) is 1. The zero-order valence-electron chi connectivity index (χ0n) is 14.2. The first-order valence-corrected chi connectivity index (χ1v) is 8.74. The number of nitrogens with zero attached hydrogens (tertiary/aromatic N) is 4. The predicted molar refractivity (Wildman–Crippen MR) is 93.4 cm³/mol. The molecule has 7 nitrogen and oxygen atoms in total. The van der Waals surface area contributed by atoms with Crippen LogP contribution >= 0.6 is 0 Å². The van der Waals surface area contributed by atoms with E-state index in [9.17, 15) is 9.59 Å². The average Bonchev–Trinajstić information content (AvgIpc) is 3.10. The Morgan fingerprint density at radius 1 is 1.24 bits per heavy atom. The average molecular weight is 341 g/mol. The third kappa shape index (κ3) is 4.65. The molecule has 1 N–H and O–H groups in total. The molecule has 3 rings (SSSR count). The Morgan fingerprint density at radius 2 is 2.16 bits per heavy atom. The summed E-state index contributed by atoms with van der Waals surface area (Å²) < 4.78 is 1.78. The van der Waals surface area contributed by atoms with Gasteiger partial charge in [0, 0.05) is 44.6 Å². The molecule has 0 atom stereocenters. The first-order valence-electron chi connectivity index (χ1n) is 8.74. The normalized spacial score (nSPS) is 15.0. The van der Waals surface area contributed by atoms with Crippen LogP contribution in [-0.2, 0) is 4.79 Å². The highest BCUT2D eigenvalue weighted by Crippen LogP contribution is 2.11. The van der Waals surface area contributed by atoms with E-state index in [1.54, 1.807) is 41.6 Å². The van der Waals surface area contributed by atoms with Gasteiger partial charge in [0.05, 0.1) is 5.56 Å². The van der Waals surface area contributed by atoms with Crippen LogP contribution in [0, 0.1) is 0 Å². The molecular weight excluding hydrogens is 318 g/mol. The molecule has 0 aromatic carbocycles. The van der Waals surface area contributed by atoms with E-state index in [1.807, 2.05) is 4.90 Å². The molecule has 1 aliphatic rings. The number of carbonyl (C=O) groups is 2. The zero-order chi connectivity index (χ0) is 17.5. The summed E-state index contributed by atoms with van der Waals surface area (Å²) in [5.41, 5.74) is 0.523. The lowest BCUT2D eigenvalue weighted by Gasteiger charge is -2.20. The smallest absolute Gasteiger partial charge is 0.252 e.